The van der Waals surface area contributed by atoms with E-state index >= 15 is 0 Å². The molecule has 102 valence electrons. The quantitative estimate of drug-likeness (QED) is 0.683. The number of halogens is 5. The molecule has 1 heterocycles. The molecule has 3 nitrogen and oxygen atoms in total. The Labute approximate surface area is 113 Å². The lowest BCUT2D eigenvalue weighted by Gasteiger charge is -2.09. The molecule has 0 aliphatic rings. The number of rotatable bonds is 3. The van der Waals surface area contributed by atoms with Crippen molar-refractivity contribution in [1.82, 2.24) is 4.98 Å². The van der Waals surface area contributed by atoms with E-state index in [0.29, 0.717) is 12.8 Å². The molecular weight excluding hydrogens is 292 g/mol. The number of ether oxygens (including phenoxy) is 1. The van der Waals surface area contributed by atoms with Gasteiger partial charge in [-0.2, -0.15) is 13.2 Å². The zero-order valence-electron chi connectivity index (χ0n) is 9.34. The molecule has 0 unspecified atom stereocenters. The van der Waals surface area contributed by atoms with Gasteiger partial charge in [0.15, 0.2) is 5.90 Å². The van der Waals surface area contributed by atoms with E-state index in [0.717, 1.165) is 6.07 Å². The van der Waals surface area contributed by atoms with Gasteiger partial charge in [0.25, 0.3) is 0 Å². The third kappa shape index (κ3) is 4.70. The molecule has 1 N–H and O–H groups in total. The van der Waals surface area contributed by atoms with Gasteiger partial charge in [-0.1, -0.05) is 11.6 Å². The maximum atomic E-state index is 12.3. The minimum absolute atomic E-state index is 0. The van der Waals surface area contributed by atoms with Gasteiger partial charge in [-0.05, 0) is 13.0 Å². The van der Waals surface area contributed by atoms with Gasteiger partial charge in [0, 0.05) is 6.20 Å². The van der Waals surface area contributed by atoms with Crippen LogP contribution >= 0.6 is 24.0 Å². The van der Waals surface area contributed by atoms with Gasteiger partial charge < -0.3 is 4.74 Å². The minimum Gasteiger partial charge on any atom is -0.481 e. The molecular formula is C10H11Cl2F3N2O. The van der Waals surface area contributed by atoms with Gasteiger partial charge in [-0.25, -0.2) is 0 Å². The van der Waals surface area contributed by atoms with Crippen molar-refractivity contribution in [2.24, 2.45) is 0 Å². The number of hydrogen-bond acceptors (Lipinski definition) is 3. The molecule has 0 amide bonds. The molecule has 0 saturated carbocycles. The van der Waals surface area contributed by atoms with Crippen molar-refractivity contribution in [3.63, 3.8) is 0 Å². The maximum Gasteiger partial charge on any atom is 0.417 e. The molecule has 1 aromatic heterocycles. The third-order valence-electron chi connectivity index (χ3n) is 1.89. The fourth-order valence-electron chi connectivity index (χ4n) is 1.13. The molecule has 0 spiro atoms. The lowest BCUT2D eigenvalue weighted by Crippen LogP contribution is -2.10. The van der Waals surface area contributed by atoms with E-state index in [-0.39, 0.29) is 35.4 Å². The normalized spacial score (nSPS) is 10.7. The highest BCUT2D eigenvalue weighted by atomic mass is 35.5. The van der Waals surface area contributed by atoms with Crippen LogP contribution in [0.3, 0.4) is 0 Å². The van der Waals surface area contributed by atoms with Crippen molar-refractivity contribution in [3.05, 3.63) is 28.5 Å². The zero-order chi connectivity index (χ0) is 13.1. The van der Waals surface area contributed by atoms with Crippen molar-refractivity contribution in [1.29, 1.82) is 5.41 Å². The molecule has 0 saturated heterocycles. The van der Waals surface area contributed by atoms with E-state index in [2.05, 4.69) is 4.98 Å². The van der Waals surface area contributed by atoms with Crippen molar-refractivity contribution in [2.45, 2.75) is 19.5 Å². The van der Waals surface area contributed by atoms with Crippen molar-refractivity contribution >= 4 is 29.9 Å². The smallest absolute Gasteiger partial charge is 0.417 e. The first kappa shape index (κ1) is 17.0. The molecule has 0 radical (unpaired) electrons. The fraction of sp³-hybridized carbons (Fsp3) is 0.400. The lowest BCUT2D eigenvalue weighted by molar-refractivity contribution is -0.137. The summed E-state index contributed by atoms with van der Waals surface area (Å²) in [5.74, 6) is -0.0818. The Morgan fingerprint density at radius 1 is 1.50 bits per heavy atom. The molecule has 18 heavy (non-hydrogen) atoms. The summed E-state index contributed by atoms with van der Waals surface area (Å²) in [4.78, 5) is 3.59. The molecule has 0 fully saturated rings. The first-order chi connectivity index (χ1) is 7.84. The Morgan fingerprint density at radius 2 is 2.11 bits per heavy atom. The number of nitrogens with one attached hydrogen (secondary N) is 1. The highest BCUT2D eigenvalue weighted by molar-refractivity contribution is 6.31. The molecule has 1 aromatic rings. The lowest BCUT2D eigenvalue weighted by atomic mass is 10.2. The summed E-state index contributed by atoms with van der Waals surface area (Å²) in [5.41, 5.74) is -0.715. The van der Waals surface area contributed by atoms with Gasteiger partial charge in [-0.3, -0.25) is 10.4 Å². The van der Waals surface area contributed by atoms with Crippen LogP contribution in [-0.4, -0.2) is 17.5 Å². The second-order valence-corrected chi connectivity index (χ2v) is 3.59. The number of hydrogen-bond donors (Lipinski definition) is 1. The first-order valence-electron chi connectivity index (χ1n) is 4.76. The van der Waals surface area contributed by atoms with Crippen LogP contribution in [0.25, 0.3) is 0 Å². The number of pyridine rings is 1. The predicted octanol–water partition coefficient (Wildman–Crippen LogP) is 3.73. The van der Waals surface area contributed by atoms with E-state index in [1.807, 2.05) is 0 Å². The van der Waals surface area contributed by atoms with Crippen LogP contribution in [0, 0.1) is 5.41 Å². The fourth-order valence-corrected chi connectivity index (χ4v) is 1.36. The van der Waals surface area contributed by atoms with Gasteiger partial charge in [0.1, 0.15) is 0 Å². The van der Waals surface area contributed by atoms with Crippen LogP contribution in [0.2, 0.25) is 5.02 Å². The summed E-state index contributed by atoms with van der Waals surface area (Å²) in [5, 5.41) is 7.24. The highest BCUT2D eigenvalue weighted by Crippen LogP contribution is 2.31. The first-order valence-corrected chi connectivity index (χ1v) is 5.14. The minimum atomic E-state index is -4.47. The SMILES string of the molecule is CCOC(=N)Cc1ncc(C(F)(F)F)cc1Cl.Cl. The van der Waals surface area contributed by atoms with E-state index in [9.17, 15) is 13.2 Å². The summed E-state index contributed by atoms with van der Waals surface area (Å²) in [7, 11) is 0. The summed E-state index contributed by atoms with van der Waals surface area (Å²) in [6.45, 7) is 2.02. The summed E-state index contributed by atoms with van der Waals surface area (Å²) >= 11 is 5.66. The molecule has 0 aliphatic heterocycles. The van der Waals surface area contributed by atoms with Crippen LogP contribution in [0.5, 0.6) is 0 Å². The number of aromatic nitrogens is 1. The largest absolute Gasteiger partial charge is 0.481 e. The molecule has 1 rings (SSSR count). The Kier molecular flexibility index (Phi) is 6.42. The second kappa shape index (κ2) is 6.80. The molecule has 8 heteroatoms. The monoisotopic (exact) mass is 302 g/mol. The van der Waals surface area contributed by atoms with Crippen LogP contribution in [0.4, 0.5) is 13.2 Å². The van der Waals surface area contributed by atoms with E-state index < -0.39 is 11.7 Å². The van der Waals surface area contributed by atoms with Gasteiger partial charge in [0.05, 0.1) is 29.3 Å². The van der Waals surface area contributed by atoms with Gasteiger partial charge in [0.2, 0.25) is 0 Å². The van der Waals surface area contributed by atoms with Crippen LogP contribution in [0.1, 0.15) is 18.2 Å². The van der Waals surface area contributed by atoms with E-state index in [1.165, 1.54) is 0 Å². The van der Waals surface area contributed by atoms with Crippen molar-refractivity contribution in [2.75, 3.05) is 6.61 Å². The highest BCUT2D eigenvalue weighted by Gasteiger charge is 2.31. The summed E-state index contributed by atoms with van der Waals surface area (Å²) < 4.78 is 41.8. The number of alkyl halides is 3. The standard InChI is InChI=1S/C10H10ClF3N2O.ClH/c1-2-17-9(15)4-8-7(11)3-6(5-16-8)10(12,13)14;/h3,5,15H,2,4H2,1H3;1H. The van der Waals surface area contributed by atoms with E-state index in [1.54, 1.807) is 6.92 Å². The Bertz CT molecular complexity index is 424. The topological polar surface area (TPSA) is 46.0 Å². The molecule has 0 aromatic carbocycles. The van der Waals surface area contributed by atoms with Crippen molar-refractivity contribution < 1.29 is 17.9 Å². The third-order valence-corrected chi connectivity index (χ3v) is 2.22. The summed E-state index contributed by atoms with van der Waals surface area (Å²) in [6, 6.07) is 0.795. The Hall–Kier alpha value is -1.01. The Balaban J connectivity index is 0.00000289. The van der Waals surface area contributed by atoms with Crippen LogP contribution in [0.15, 0.2) is 12.3 Å². The molecule has 0 aliphatic carbocycles. The summed E-state index contributed by atoms with van der Waals surface area (Å²) in [6.07, 6.45) is -3.80. The van der Waals surface area contributed by atoms with Crippen LogP contribution in [-0.2, 0) is 17.3 Å². The molecule has 0 atom stereocenters. The second-order valence-electron chi connectivity index (χ2n) is 3.18. The average molecular weight is 303 g/mol. The van der Waals surface area contributed by atoms with Gasteiger partial charge in [-0.15, -0.1) is 12.4 Å². The molecule has 0 bridgehead atoms. The average Bonchev–Trinajstić information content (AvgIpc) is 2.20. The van der Waals surface area contributed by atoms with E-state index in [4.69, 9.17) is 21.7 Å². The number of nitrogens with zero attached hydrogens (tertiary/aromatic N) is 1. The predicted molar refractivity (Wildman–Crippen MR) is 64.6 cm³/mol. The van der Waals surface area contributed by atoms with Gasteiger partial charge >= 0.3 is 6.18 Å². The zero-order valence-corrected chi connectivity index (χ0v) is 10.9. The maximum absolute atomic E-state index is 12.3. The van der Waals surface area contributed by atoms with Crippen LogP contribution < -0.4 is 0 Å². The Morgan fingerprint density at radius 3 is 2.56 bits per heavy atom. The van der Waals surface area contributed by atoms with Crippen molar-refractivity contribution in [3.8, 4) is 0 Å².